The number of benzene rings is 2. The fourth-order valence-electron chi connectivity index (χ4n) is 5.28. The average Bonchev–Trinajstić information content (AvgIpc) is 3.14. The third-order valence-corrected chi connectivity index (χ3v) is 6.62. The summed E-state index contributed by atoms with van der Waals surface area (Å²) in [5.74, 6) is 0. The SMILES string of the molecule is Cc1ccc2c(c1)c1c(n2CCCC2=CCCC=C2)-c2ccccc2C1(C)C. The Balaban J connectivity index is 1.62. The van der Waals surface area contributed by atoms with Crippen LogP contribution in [0.3, 0.4) is 0 Å². The monoisotopic (exact) mass is 367 g/mol. The summed E-state index contributed by atoms with van der Waals surface area (Å²) in [6.45, 7) is 8.06. The van der Waals surface area contributed by atoms with E-state index in [1.807, 2.05) is 0 Å². The second kappa shape index (κ2) is 6.51. The first kappa shape index (κ1) is 17.6. The molecule has 0 radical (unpaired) electrons. The van der Waals surface area contributed by atoms with Gasteiger partial charge in [-0.1, -0.05) is 73.5 Å². The quantitative estimate of drug-likeness (QED) is 0.455. The van der Waals surface area contributed by atoms with Crippen LogP contribution >= 0.6 is 0 Å². The van der Waals surface area contributed by atoms with Crippen LogP contribution in [0.1, 0.15) is 56.2 Å². The molecule has 142 valence electrons. The predicted molar refractivity (Wildman–Crippen MR) is 120 cm³/mol. The first-order valence-electron chi connectivity index (χ1n) is 10.7. The summed E-state index contributed by atoms with van der Waals surface area (Å²) in [5, 5.41) is 1.44. The van der Waals surface area contributed by atoms with E-state index in [2.05, 4.69) is 86.0 Å². The molecule has 5 rings (SSSR count). The number of rotatable bonds is 4. The van der Waals surface area contributed by atoms with E-state index < -0.39 is 0 Å². The predicted octanol–water partition coefficient (Wildman–Crippen LogP) is 7.31. The number of fused-ring (bicyclic) bond motifs is 5. The lowest BCUT2D eigenvalue weighted by Crippen LogP contribution is -2.14. The van der Waals surface area contributed by atoms with Crippen molar-refractivity contribution in [2.24, 2.45) is 0 Å². The average molecular weight is 368 g/mol. The minimum atomic E-state index is 0.0534. The minimum Gasteiger partial charge on any atom is -0.340 e. The molecular weight excluding hydrogens is 338 g/mol. The van der Waals surface area contributed by atoms with Gasteiger partial charge in [-0.05, 0) is 55.9 Å². The molecule has 0 amide bonds. The van der Waals surface area contributed by atoms with Crippen molar-refractivity contribution in [3.8, 4) is 11.3 Å². The first-order chi connectivity index (χ1) is 13.6. The molecule has 0 spiro atoms. The highest BCUT2D eigenvalue weighted by Gasteiger charge is 2.39. The molecule has 0 bridgehead atoms. The van der Waals surface area contributed by atoms with E-state index in [0.29, 0.717) is 0 Å². The van der Waals surface area contributed by atoms with Crippen molar-refractivity contribution in [1.82, 2.24) is 4.57 Å². The Bertz CT molecular complexity index is 1120. The van der Waals surface area contributed by atoms with Crippen LogP contribution in [0.4, 0.5) is 0 Å². The number of hydrogen-bond acceptors (Lipinski definition) is 0. The molecule has 1 heterocycles. The van der Waals surface area contributed by atoms with E-state index in [9.17, 15) is 0 Å². The summed E-state index contributed by atoms with van der Waals surface area (Å²) in [5.41, 5.74) is 10.2. The van der Waals surface area contributed by atoms with Gasteiger partial charge in [0.05, 0.1) is 5.69 Å². The molecule has 0 atom stereocenters. The smallest absolute Gasteiger partial charge is 0.0535 e. The first-order valence-corrected chi connectivity index (χ1v) is 10.7. The Morgan fingerprint density at radius 2 is 1.89 bits per heavy atom. The maximum absolute atomic E-state index is 2.60. The fraction of sp³-hybridized carbons (Fsp3) is 0.333. The summed E-state index contributed by atoms with van der Waals surface area (Å²) in [7, 11) is 0. The number of allylic oxidation sites excluding steroid dienone is 4. The van der Waals surface area contributed by atoms with E-state index in [-0.39, 0.29) is 5.41 Å². The van der Waals surface area contributed by atoms with Crippen molar-refractivity contribution in [3.05, 3.63) is 83.0 Å². The third kappa shape index (κ3) is 2.60. The van der Waals surface area contributed by atoms with Crippen LogP contribution in [0.5, 0.6) is 0 Å². The van der Waals surface area contributed by atoms with Crippen molar-refractivity contribution in [3.63, 3.8) is 0 Å². The number of aromatic nitrogens is 1. The van der Waals surface area contributed by atoms with E-state index in [1.165, 1.54) is 70.1 Å². The molecule has 0 fully saturated rings. The number of hydrogen-bond donors (Lipinski definition) is 0. The van der Waals surface area contributed by atoms with Gasteiger partial charge in [0.25, 0.3) is 0 Å². The molecule has 0 saturated heterocycles. The molecule has 2 aromatic carbocycles. The Morgan fingerprint density at radius 3 is 2.71 bits per heavy atom. The lowest BCUT2D eigenvalue weighted by molar-refractivity contribution is 0.652. The molecular formula is C27H29N. The highest BCUT2D eigenvalue weighted by atomic mass is 15.0. The maximum Gasteiger partial charge on any atom is 0.0535 e. The number of nitrogens with zero attached hydrogens (tertiary/aromatic N) is 1. The van der Waals surface area contributed by atoms with Gasteiger partial charge in [0.1, 0.15) is 0 Å². The lowest BCUT2D eigenvalue weighted by Gasteiger charge is -2.21. The molecule has 1 aromatic heterocycles. The van der Waals surface area contributed by atoms with Crippen LogP contribution < -0.4 is 0 Å². The van der Waals surface area contributed by atoms with E-state index >= 15 is 0 Å². The van der Waals surface area contributed by atoms with E-state index in [4.69, 9.17) is 0 Å². The fourth-order valence-corrected chi connectivity index (χ4v) is 5.28. The van der Waals surface area contributed by atoms with Crippen LogP contribution in [-0.4, -0.2) is 4.57 Å². The van der Waals surface area contributed by atoms with Crippen molar-refractivity contribution >= 4 is 10.9 Å². The zero-order valence-electron chi connectivity index (χ0n) is 17.3. The summed E-state index contributed by atoms with van der Waals surface area (Å²) >= 11 is 0. The maximum atomic E-state index is 2.60. The van der Waals surface area contributed by atoms with Crippen molar-refractivity contribution in [2.75, 3.05) is 0 Å². The van der Waals surface area contributed by atoms with Crippen LogP contribution in [0.15, 0.2) is 66.3 Å². The van der Waals surface area contributed by atoms with Crippen molar-refractivity contribution in [2.45, 2.75) is 58.4 Å². The minimum absolute atomic E-state index is 0.0534. The molecule has 28 heavy (non-hydrogen) atoms. The Morgan fingerprint density at radius 1 is 1.04 bits per heavy atom. The van der Waals surface area contributed by atoms with Crippen LogP contribution in [0, 0.1) is 6.92 Å². The largest absolute Gasteiger partial charge is 0.340 e. The van der Waals surface area contributed by atoms with Gasteiger partial charge in [-0.2, -0.15) is 0 Å². The second-order valence-corrected chi connectivity index (χ2v) is 8.93. The molecule has 0 saturated carbocycles. The second-order valence-electron chi connectivity index (χ2n) is 8.93. The van der Waals surface area contributed by atoms with Crippen LogP contribution in [0.25, 0.3) is 22.2 Å². The summed E-state index contributed by atoms with van der Waals surface area (Å²) in [6, 6.07) is 16.0. The van der Waals surface area contributed by atoms with Gasteiger partial charge in [0.15, 0.2) is 0 Å². The highest BCUT2D eigenvalue weighted by molar-refractivity contribution is 5.98. The molecule has 0 N–H and O–H groups in total. The van der Waals surface area contributed by atoms with Gasteiger partial charge in [-0.15, -0.1) is 0 Å². The van der Waals surface area contributed by atoms with Crippen LogP contribution in [0.2, 0.25) is 0 Å². The van der Waals surface area contributed by atoms with Crippen molar-refractivity contribution in [1.29, 1.82) is 0 Å². The van der Waals surface area contributed by atoms with Gasteiger partial charge >= 0.3 is 0 Å². The van der Waals surface area contributed by atoms with E-state index in [0.717, 1.165) is 6.54 Å². The standard InChI is InChI=1S/C27H29N/c1-19-15-16-24-22(18-19)25-26(21-13-7-8-14-23(21)27(25,2)3)28(24)17-9-12-20-10-5-4-6-11-20/h5,7-8,10-11,13-16,18H,4,6,9,12,17H2,1-3H3. The Hall–Kier alpha value is -2.54. The number of aryl methyl sites for hydroxylation is 2. The lowest BCUT2D eigenvalue weighted by atomic mass is 9.81. The molecule has 1 heteroatoms. The van der Waals surface area contributed by atoms with Crippen LogP contribution in [-0.2, 0) is 12.0 Å². The van der Waals surface area contributed by atoms with E-state index in [1.54, 1.807) is 0 Å². The topological polar surface area (TPSA) is 4.93 Å². The van der Waals surface area contributed by atoms with Gasteiger partial charge in [-0.3, -0.25) is 0 Å². The zero-order valence-corrected chi connectivity index (χ0v) is 17.3. The molecule has 2 aliphatic carbocycles. The summed E-state index contributed by atoms with van der Waals surface area (Å²) in [4.78, 5) is 0. The van der Waals surface area contributed by atoms with Crippen molar-refractivity contribution < 1.29 is 0 Å². The van der Waals surface area contributed by atoms with Gasteiger partial charge < -0.3 is 4.57 Å². The molecule has 0 aliphatic heterocycles. The summed E-state index contributed by atoms with van der Waals surface area (Å²) in [6.07, 6.45) is 11.8. The third-order valence-electron chi connectivity index (χ3n) is 6.62. The molecule has 3 aromatic rings. The van der Waals surface area contributed by atoms with Gasteiger partial charge in [0, 0.05) is 28.4 Å². The Kier molecular flexibility index (Phi) is 4.08. The molecule has 1 nitrogen and oxygen atoms in total. The zero-order chi connectivity index (χ0) is 19.3. The van der Waals surface area contributed by atoms with Gasteiger partial charge in [-0.25, -0.2) is 0 Å². The van der Waals surface area contributed by atoms with Gasteiger partial charge in [0.2, 0.25) is 0 Å². The normalized spacial score (nSPS) is 16.9. The summed E-state index contributed by atoms with van der Waals surface area (Å²) < 4.78 is 2.60. The molecule has 0 unspecified atom stereocenters. The Labute approximate surface area is 168 Å². The highest BCUT2D eigenvalue weighted by Crippen LogP contribution is 2.52. The molecule has 2 aliphatic rings.